The highest BCUT2D eigenvalue weighted by Crippen LogP contribution is 2.32. The number of aromatic nitrogens is 2. The molecule has 152 valence electrons. The van der Waals surface area contributed by atoms with Crippen molar-refractivity contribution in [1.29, 1.82) is 0 Å². The summed E-state index contributed by atoms with van der Waals surface area (Å²) in [4.78, 5) is 14.4. The van der Waals surface area contributed by atoms with Gasteiger partial charge < -0.3 is 9.64 Å². The molecular weight excluding hydrogens is 362 g/mol. The van der Waals surface area contributed by atoms with E-state index in [1.807, 2.05) is 78.9 Å². The monoisotopic (exact) mass is 391 g/mol. The van der Waals surface area contributed by atoms with Gasteiger partial charge in [0, 0.05) is 25.1 Å². The molecule has 29 heavy (non-hydrogen) atoms. The van der Waals surface area contributed by atoms with Crippen molar-refractivity contribution in [3.05, 3.63) is 71.4 Å². The number of para-hydroxylation sites is 2. The van der Waals surface area contributed by atoms with Gasteiger partial charge in [-0.1, -0.05) is 36.4 Å². The van der Waals surface area contributed by atoms with Gasteiger partial charge in [-0.15, -0.1) is 0 Å². The number of aryl methyl sites for hydroxylation is 2. The Morgan fingerprint density at radius 3 is 2.31 bits per heavy atom. The fourth-order valence-electron chi connectivity index (χ4n) is 3.46. The summed E-state index contributed by atoms with van der Waals surface area (Å²) in [5.74, 6) is 1.58. The minimum absolute atomic E-state index is 0.156. The Morgan fingerprint density at radius 2 is 1.66 bits per heavy atom. The van der Waals surface area contributed by atoms with Crippen LogP contribution in [-0.4, -0.2) is 33.7 Å². The second-order valence-corrected chi connectivity index (χ2v) is 7.05. The Bertz CT molecular complexity index is 960. The van der Waals surface area contributed by atoms with Crippen LogP contribution in [0.4, 0.5) is 0 Å². The molecular formula is C24H29N3O2. The molecule has 0 N–H and O–H groups in total. The van der Waals surface area contributed by atoms with Crippen molar-refractivity contribution in [3.8, 4) is 17.3 Å². The van der Waals surface area contributed by atoms with Crippen LogP contribution in [0.3, 0.4) is 0 Å². The number of carbonyl (C=O) groups is 1. The SMILES string of the molecule is CCN(CC)C(=O)CCc1c(C)nn(-c2ccccc2C)c1Oc1ccccc1. The van der Waals surface area contributed by atoms with Crippen LogP contribution >= 0.6 is 0 Å². The van der Waals surface area contributed by atoms with Crippen LogP contribution in [0.5, 0.6) is 11.6 Å². The van der Waals surface area contributed by atoms with E-state index in [-0.39, 0.29) is 5.91 Å². The van der Waals surface area contributed by atoms with Crippen LogP contribution < -0.4 is 4.74 Å². The van der Waals surface area contributed by atoms with Gasteiger partial charge in [-0.05, 0) is 57.9 Å². The van der Waals surface area contributed by atoms with Gasteiger partial charge in [0.1, 0.15) is 5.75 Å². The van der Waals surface area contributed by atoms with Crippen molar-refractivity contribution in [3.63, 3.8) is 0 Å². The van der Waals surface area contributed by atoms with E-state index in [1.165, 1.54) is 0 Å². The normalized spacial score (nSPS) is 10.8. The Kier molecular flexibility index (Phi) is 6.70. The number of benzene rings is 2. The lowest BCUT2D eigenvalue weighted by Crippen LogP contribution is -2.30. The molecule has 0 fully saturated rings. The van der Waals surface area contributed by atoms with Gasteiger partial charge in [0.2, 0.25) is 11.8 Å². The summed E-state index contributed by atoms with van der Waals surface area (Å²) in [6, 6.07) is 17.8. The Morgan fingerprint density at radius 1 is 1.00 bits per heavy atom. The third-order valence-electron chi connectivity index (χ3n) is 5.14. The van der Waals surface area contributed by atoms with Crippen LogP contribution in [0.1, 0.15) is 37.1 Å². The molecule has 0 atom stereocenters. The lowest BCUT2D eigenvalue weighted by Gasteiger charge is -2.18. The number of carbonyl (C=O) groups excluding carboxylic acids is 1. The second kappa shape index (κ2) is 9.41. The van der Waals surface area contributed by atoms with Gasteiger partial charge in [-0.2, -0.15) is 9.78 Å². The van der Waals surface area contributed by atoms with Gasteiger partial charge in [0.25, 0.3) is 0 Å². The average Bonchev–Trinajstić information content (AvgIpc) is 3.03. The topological polar surface area (TPSA) is 47.4 Å². The average molecular weight is 392 g/mol. The van der Waals surface area contributed by atoms with Crippen LogP contribution in [0.25, 0.3) is 5.69 Å². The number of amides is 1. The predicted octanol–water partition coefficient (Wildman–Crippen LogP) is 5.08. The fraction of sp³-hybridized carbons (Fsp3) is 0.333. The Balaban J connectivity index is 1.99. The Hall–Kier alpha value is -3.08. The second-order valence-electron chi connectivity index (χ2n) is 7.05. The van der Waals surface area contributed by atoms with Gasteiger partial charge >= 0.3 is 0 Å². The zero-order chi connectivity index (χ0) is 20.8. The van der Waals surface area contributed by atoms with Crippen LogP contribution in [0.2, 0.25) is 0 Å². The summed E-state index contributed by atoms with van der Waals surface area (Å²) in [6.07, 6.45) is 1.03. The highest BCUT2D eigenvalue weighted by molar-refractivity contribution is 5.76. The number of ether oxygens (including phenoxy) is 1. The zero-order valence-corrected chi connectivity index (χ0v) is 17.7. The maximum Gasteiger partial charge on any atom is 0.226 e. The van der Waals surface area contributed by atoms with E-state index < -0.39 is 0 Å². The van der Waals surface area contributed by atoms with E-state index in [0.29, 0.717) is 18.7 Å². The molecule has 0 spiro atoms. The molecule has 0 saturated carbocycles. The molecule has 0 radical (unpaired) electrons. The van der Waals surface area contributed by atoms with Crippen molar-refractivity contribution in [1.82, 2.24) is 14.7 Å². The van der Waals surface area contributed by atoms with Crippen LogP contribution in [0.15, 0.2) is 54.6 Å². The molecule has 3 rings (SSSR count). The highest BCUT2D eigenvalue weighted by Gasteiger charge is 2.21. The smallest absolute Gasteiger partial charge is 0.226 e. The molecule has 1 heterocycles. The molecule has 0 aliphatic heterocycles. The number of hydrogen-bond acceptors (Lipinski definition) is 3. The maximum absolute atomic E-state index is 12.5. The number of hydrogen-bond donors (Lipinski definition) is 0. The van der Waals surface area contributed by atoms with Crippen molar-refractivity contribution in [2.75, 3.05) is 13.1 Å². The third kappa shape index (κ3) is 4.67. The van der Waals surface area contributed by atoms with E-state index >= 15 is 0 Å². The molecule has 1 amide bonds. The predicted molar refractivity (Wildman–Crippen MR) is 116 cm³/mol. The van der Waals surface area contributed by atoms with Crippen molar-refractivity contribution >= 4 is 5.91 Å². The van der Waals surface area contributed by atoms with Crippen molar-refractivity contribution in [2.24, 2.45) is 0 Å². The summed E-state index contributed by atoms with van der Waals surface area (Å²) >= 11 is 0. The molecule has 1 aromatic heterocycles. The quantitative estimate of drug-likeness (QED) is 0.538. The van der Waals surface area contributed by atoms with E-state index in [9.17, 15) is 4.79 Å². The lowest BCUT2D eigenvalue weighted by molar-refractivity contribution is -0.130. The first-order chi connectivity index (χ1) is 14.0. The molecule has 5 nitrogen and oxygen atoms in total. The molecule has 0 unspecified atom stereocenters. The van der Waals surface area contributed by atoms with E-state index in [2.05, 4.69) is 13.0 Å². The third-order valence-corrected chi connectivity index (χ3v) is 5.14. The minimum Gasteiger partial charge on any atom is -0.439 e. The highest BCUT2D eigenvalue weighted by atomic mass is 16.5. The lowest BCUT2D eigenvalue weighted by atomic mass is 10.1. The first kappa shape index (κ1) is 20.6. The molecule has 0 aliphatic rings. The molecule has 0 saturated heterocycles. The zero-order valence-electron chi connectivity index (χ0n) is 17.7. The largest absolute Gasteiger partial charge is 0.439 e. The van der Waals surface area contributed by atoms with Gasteiger partial charge in [0.15, 0.2) is 0 Å². The molecule has 5 heteroatoms. The Labute approximate surface area is 172 Å². The van der Waals surface area contributed by atoms with Gasteiger partial charge in [-0.25, -0.2) is 0 Å². The van der Waals surface area contributed by atoms with Crippen molar-refractivity contribution < 1.29 is 9.53 Å². The summed E-state index contributed by atoms with van der Waals surface area (Å²) in [5, 5.41) is 4.77. The molecule has 0 bridgehead atoms. The summed E-state index contributed by atoms with van der Waals surface area (Å²) in [5.41, 5.74) is 3.94. The first-order valence-corrected chi connectivity index (χ1v) is 10.2. The van der Waals surface area contributed by atoms with Gasteiger partial charge in [-0.3, -0.25) is 4.79 Å². The fourth-order valence-corrected chi connectivity index (χ4v) is 3.46. The maximum atomic E-state index is 12.5. The van der Waals surface area contributed by atoms with E-state index in [0.717, 1.165) is 41.3 Å². The summed E-state index contributed by atoms with van der Waals surface area (Å²) in [7, 11) is 0. The van der Waals surface area contributed by atoms with E-state index in [4.69, 9.17) is 9.84 Å². The molecule has 3 aromatic rings. The standard InChI is InChI=1S/C24H29N3O2/c1-5-26(6-2)23(28)17-16-21-19(4)25-27(22-15-11-10-12-18(22)3)24(21)29-20-13-8-7-9-14-20/h7-15H,5-6,16-17H2,1-4H3. The van der Waals surface area contributed by atoms with Crippen LogP contribution in [-0.2, 0) is 11.2 Å². The summed E-state index contributed by atoms with van der Waals surface area (Å²) in [6.45, 7) is 9.50. The van der Waals surface area contributed by atoms with Crippen LogP contribution in [0, 0.1) is 13.8 Å². The molecule has 2 aromatic carbocycles. The molecule has 0 aliphatic carbocycles. The number of rotatable bonds is 8. The summed E-state index contributed by atoms with van der Waals surface area (Å²) < 4.78 is 8.15. The minimum atomic E-state index is 0.156. The van der Waals surface area contributed by atoms with Gasteiger partial charge in [0.05, 0.1) is 11.4 Å². The van der Waals surface area contributed by atoms with Crippen molar-refractivity contribution in [2.45, 2.75) is 40.5 Å². The van der Waals surface area contributed by atoms with E-state index in [1.54, 1.807) is 0 Å². The first-order valence-electron chi connectivity index (χ1n) is 10.2. The number of nitrogens with zero attached hydrogens (tertiary/aromatic N) is 3.